The second-order valence-corrected chi connectivity index (χ2v) is 37.8. The van der Waals surface area contributed by atoms with E-state index in [-0.39, 0.29) is 10.8 Å². The van der Waals surface area contributed by atoms with Crippen LogP contribution in [-0.4, -0.2) is 16.1 Å². The molecule has 3 saturated carbocycles. The highest BCUT2D eigenvalue weighted by Crippen LogP contribution is 2.57. The first-order valence-electron chi connectivity index (χ1n) is 33.0. The van der Waals surface area contributed by atoms with Crippen LogP contribution in [0.1, 0.15) is 144 Å². The molecular formula is C84H90Si2. The fourth-order valence-corrected chi connectivity index (χ4v) is 28.3. The maximum Gasteiger partial charge on any atom is 0.139 e. The van der Waals surface area contributed by atoms with Gasteiger partial charge in [-0.3, -0.25) is 0 Å². The number of hydrogen-bond acceptors (Lipinski definition) is 0. The van der Waals surface area contributed by atoms with Crippen LogP contribution in [0.4, 0.5) is 0 Å². The zero-order valence-corrected chi connectivity index (χ0v) is 55.8. The molecule has 0 aliphatic heterocycles. The Kier molecular flexibility index (Phi) is 16.5. The average molecular weight is 1160 g/mol. The van der Waals surface area contributed by atoms with Gasteiger partial charge in [0.1, 0.15) is 16.1 Å². The first-order valence-corrected chi connectivity index (χ1v) is 38.3. The fraction of sp³-hybridized carbons (Fsp3) is 0.381. The van der Waals surface area contributed by atoms with E-state index in [0.29, 0.717) is 35.5 Å². The Labute approximate surface area is 517 Å². The van der Waals surface area contributed by atoms with Crippen molar-refractivity contribution in [3.63, 3.8) is 0 Å². The molecule has 0 spiro atoms. The number of benzene rings is 10. The molecule has 434 valence electrons. The Morgan fingerprint density at radius 1 is 0.279 bits per heavy atom. The molecule has 86 heavy (non-hydrogen) atoms. The highest BCUT2D eigenvalue weighted by Gasteiger charge is 2.47. The molecule has 0 nitrogen and oxygen atoms in total. The van der Waals surface area contributed by atoms with E-state index in [1.165, 1.54) is 134 Å². The van der Waals surface area contributed by atoms with Crippen LogP contribution in [0.2, 0.25) is 36.3 Å². The number of rotatable bonds is 12. The molecule has 0 unspecified atom stereocenters. The molecule has 0 amide bonds. The van der Waals surface area contributed by atoms with Gasteiger partial charge >= 0.3 is 0 Å². The molecule has 0 radical (unpaired) electrons. The maximum atomic E-state index is 4.27. The Bertz CT molecular complexity index is 3990. The van der Waals surface area contributed by atoms with Crippen molar-refractivity contribution < 1.29 is 0 Å². The van der Waals surface area contributed by atoms with E-state index in [2.05, 4.69) is 275 Å². The zero-order chi connectivity index (χ0) is 60.1. The van der Waals surface area contributed by atoms with Gasteiger partial charge in [-0.2, -0.15) is 0 Å². The Morgan fingerprint density at radius 2 is 0.453 bits per heavy atom. The number of hydrogen-bond donors (Lipinski definition) is 0. The standard InChI is InChI=1S/C84H90Si2/c1-57(2)51-85(52-58(3)4,53-59(5)6)41-31-73-79-47-67-25-17-13-21-63(67)43-75(79)71(76-44-64-22-14-18-26-68(64)48-80(73)76)29-33-83-35-38-84(39-36-83,40-37-83)34-30-72-77-45-65-23-15-19-27-69(65)49-81(77)74(82-50-70-28-20-16-24-66(70)46-78(72)82)32-42-86(54-60(7)8,55-61(9)10)56-62(11)12/h13-28,43-50,57-62H,35-40,51-56H2,1-12H3. The lowest BCUT2D eigenvalue weighted by molar-refractivity contribution is 0.0718. The van der Waals surface area contributed by atoms with E-state index in [4.69, 9.17) is 0 Å². The fourth-order valence-electron chi connectivity index (χ4n) is 16.6. The SMILES string of the molecule is CC(C)C[Si](C#Cc1c2cc3ccccc3cc2c(C#CC23CCC(C#Cc4c5cc6ccccc6cc5c(C#C[Si](CC(C)C)(CC(C)C)CC(C)C)c5cc6ccccc6cc45)(CC2)CC3)c2cc3ccccc3cc12)(CC(C)C)CC(C)C. The van der Waals surface area contributed by atoms with Gasteiger partial charge in [0.25, 0.3) is 0 Å². The van der Waals surface area contributed by atoms with Crippen LogP contribution in [-0.2, 0) is 0 Å². The summed E-state index contributed by atoms with van der Waals surface area (Å²) in [6, 6.07) is 62.6. The zero-order valence-electron chi connectivity index (χ0n) is 53.8. The summed E-state index contributed by atoms with van der Waals surface area (Å²) < 4.78 is 0. The monoisotopic (exact) mass is 1150 g/mol. The van der Waals surface area contributed by atoms with Gasteiger partial charge in [0.2, 0.25) is 0 Å². The lowest BCUT2D eigenvalue weighted by atomic mass is 9.54. The third-order valence-electron chi connectivity index (χ3n) is 19.5. The minimum Gasteiger partial charge on any atom is -0.126 e. The lowest BCUT2D eigenvalue weighted by Crippen LogP contribution is -2.40. The van der Waals surface area contributed by atoms with Crippen LogP contribution in [0.25, 0.3) is 86.2 Å². The van der Waals surface area contributed by atoms with E-state index in [1.54, 1.807) is 0 Å². The highest BCUT2D eigenvalue weighted by molar-refractivity contribution is 6.88. The van der Waals surface area contributed by atoms with Crippen molar-refractivity contribution in [3.8, 4) is 46.6 Å². The summed E-state index contributed by atoms with van der Waals surface area (Å²) in [6.07, 6.45) is 6.38. The summed E-state index contributed by atoms with van der Waals surface area (Å²) in [5, 5.41) is 19.9. The average Bonchev–Trinajstić information content (AvgIpc) is 0.807. The van der Waals surface area contributed by atoms with E-state index in [9.17, 15) is 0 Å². The molecule has 10 aromatic carbocycles. The molecule has 10 aromatic rings. The van der Waals surface area contributed by atoms with Gasteiger partial charge in [-0.25, -0.2) is 0 Å². The van der Waals surface area contributed by atoms with Crippen LogP contribution >= 0.6 is 0 Å². The van der Waals surface area contributed by atoms with Crippen molar-refractivity contribution in [2.45, 2.75) is 158 Å². The van der Waals surface area contributed by atoms with Crippen molar-refractivity contribution >= 4 is 102 Å². The smallest absolute Gasteiger partial charge is 0.126 e. The third kappa shape index (κ3) is 12.0. The van der Waals surface area contributed by atoms with E-state index in [1.807, 2.05) is 0 Å². The van der Waals surface area contributed by atoms with Gasteiger partial charge in [-0.05, 0) is 245 Å². The Balaban J connectivity index is 0.982. The molecule has 3 aliphatic rings. The normalized spacial score (nSPS) is 17.2. The Hall–Kier alpha value is -7.05. The van der Waals surface area contributed by atoms with Crippen LogP contribution < -0.4 is 0 Å². The van der Waals surface area contributed by atoms with Gasteiger partial charge in [-0.15, -0.1) is 11.1 Å². The van der Waals surface area contributed by atoms with E-state index >= 15 is 0 Å². The predicted molar refractivity (Wildman–Crippen MR) is 382 cm³/mol. The first-order chi connectivity index (χ1) is 41.3. The predicted octanol–water partition coefficient (Wildman–Crippen LogP) is 23.3. The van der Waals surface area contributed by atoms with Gasteiger partial charge in [0, 0.05) is 33.1 Å². The summed E-state index contributed by atoms with van der Waals surface area (Å²) in [5.41, 5.74) is 13.1. The van der Waals surface area contributed by atoms with E-state index < -0.39 is 16.1 Å². The van der Waals surface area contributed by atoms with Gasteiger partial charge < -0.3 is 0 Å². The minimum absolute atomic E-state index is 0.0548. The summed E-state index contributed by atoms with van der Waals surface area (Å²) in [5.74, 6) is 28.4. The molecule has 2 bridgehead atoms. The highest BCUT2D eigenvalue weighted by atomic mass is 28.3. The quantitative estimate of drug-likeness (QED) is 0.0650. The largest absolute Gasteiger partial charge is 0.139 e. The summed E-state index contributed by atoms with van der Waals surface area (Å²) >= 11 is 0. The molecule has 2 heteroatoms. The molecule has 0 heterocycles. The molecule has 3 fully saturated rings. The number of fused-ring (bicyclic) bond motifs is 11. The van der Waals surface area contributed by atoms with Crippen LogP contribution in [0.15, 0.2) is 146 Å². The molecule has 13 rings (SSSR count). The molecular weight excluding hydrogens is 1070 g/mol. The van der Waals surface area contributed by atoms with Crippen molar-refractivity contribution in [1.29, 1.82) is 0 Å². The van der Waals surface area contributed by atoms with Gasteiger partial charge in [0.15, 0.2) is 0 Å². The van der Waals surface area contributed by atoms with Crippen molar-refractivity contribution in [2.24, 2.45) is 46.3 Å². The second-order valence-electron chi connectivity index (χ2n) is 29.7. The van der Waals surface area contributed by atoms with E-state index in [0.717, 1.165) is 49.7 Å². The molecule has 0 N–H and O–H groups in total. The third-order valence-corrected chi connectivity index (χ3v) is 30.4. The summed E-state index contributed by atoms with van der Waals surface area (Å²) in [6.45, 7) is 28.9. The summed E-state index contributed by atoms with van der Waals surface area (Å²) in [4.78, 5) is 0. The van der Waals surface area contributed by atoms with Crippen LogP contribution in [0, 0.1) is 92.9 Å². The van der Waals surface area contributed by atoms with Crippen LogP contribution in [0.3, 0.4) is 0 Å². The minimum atomic E-state index is -2.01. The van der Waals surface area contributed by atoms with Gasteiger partial charge in [0.05, 0.1) is 0 Å². The lowest BCUT2D eigenvalue weighted by Gasteiger charge is -2.48. The molecule has 0 saturated heterocycles. The second kappa shape index (κ2) is 23.9. The Morgan fingerprint density at radius 3 is 0.628 bits per heavy atom. The van der Waals surface area contributed by atoms with Crippen molar-refractivity contribution in [3.05, 3.63) is 168 Å². The first kappa shape index (κ1) is 59.3. The topological polar surface area (TPSA) is 0 Å². The molecule has 0 aromatic heterocycles. The molecule has 0 atom stereocenters. The summed E-state index contributed by atoms with van der Waals surface area (Å²) in [7, 11) is -4.03. The van der Waals surface area contributed by atoms with Crippen molar-refractivity contribution in [1.82, 2.24) is 0 Å². The van der Waals surface area contributed by atoms with Gasteiger partial charge in [-0.1, -0.05) is 216 Å². The maximum absolute atomic E-state index is 4.27. The van der Waals surface area contributed by atoms with Crippen LogP contribution in [0.5, 0.6) is 0 Å². The molecule has 3 aliphatic carbocycles. The van der Waals surface area contributed by atoms with Crippen molar-refractivity contribution in [2.75, 3.05) is 0 Å².